The van der Waals surface area contributed by atoms with Crippen molar-refractivity contribution in [2.24, 2.45) is 5.73 Å². The summed E-state index contributed by atoms with van der Waals surface area (Å²) in [6.45, 7) is 0. The zero-order valence-corrected chi connectivity index (χ0v) is 10.6. The van der Waals surface area contributed by atoms with Gasteiger partial charge in [0.2, 0.25) is 5.88 Å². The van der Waals surface area contributed by atoms with Gasteiger partial charge in [0.15, 0.2) is 0 Å². The molecule has 1 heterocycles. The molecule has 0 saturated heterocycles. The van der Waals surface area contributed by atoms with Crippen LogP contribution in [0, 0.1) is 5.41 Å². The van der Waals surface area contributed by atoms with Gasteiger partial charge >= 0.3 is 0 Å². The van der Waals surface area contributed by atoms with E-state index in [1.165, 1.54) is 6.20 Å². The Labute approximate surface area is 109 Å². The molecule has 0 spiro atoms. The molecule has 1 aromatic heterocycles. The van der Waals surface area contributed by atoms with E-state index < -0.39 is 0 Å². The van der Waals surface area contributed by atoms with Gasteiger partial charge in [0, 0.05) is 4.90 Å². The van der Waals surface area contributed by atoms with Crippen molar-refractivity contribution in [2.45, 2.75) is 4.90 Å². The van der Waals surface area contributed by atoms with Gasteiger partial charge in [-0.05, 0) is 36.6 Å². The minimum Gasteiger partial charge on any atom is -0.437 e. The molecule has 0 amide bonds. The predicted octanol–water partition coefficient (Wildman–Crippen LogP) is 2.27. The van der Waals surface area contributed by atoms with Gasteiger partial charge in [0.05, 0.1) is 11.8 Å². The number of nitrogens with zero attached hydrogens (tertiary/aromatic N) is 2. The number of amidine groups is 1. The Morgan fingerprint density at radius 2 is 2.00 bits per heavy atom. The molecule has 92 valence electrons. The summed E-state index contributed by atoms with van der Waals surface area (Å²) in [5, 5.41) is 15.0. The number of hydrogen-bond donors (Lipinski definition) is 2. The van der Waals surface area contributed by atoms with Crippen LogP contribution in [0.3, 0.4) is 0 Å². The lowest BCUT2D eigenvalue weighted by Crippen LogP contribution is -2.13. The van der Waals surface area contributed by atoms with Gasteiger partial charge in [0.1, 0.15) is 11.6 Å². The number of benzene rings is 1. The molecule has 0 bridgehead atoms. The molecule has 18 heavy (non-hydrogen) atoms. The van der Waals surface area contributed by atoms with E-state index in [2.05, 4.69) is 10.2 Å². The molecule has 5 nitrogen and oxygen atoms in total. The smallest absolute Gasteiger partial charge is 0.249 e. The molecule has 0 saturated carbocycles. The van der Waals surface area contributed by atoms with Gasteiger partial charge in [-0.1, -0.05) is 0 Å². The summed E-state index contributed by atoms with van der Waals surface area (Å²) in [5.74, 6) is 0.776. The zero-order chi connectivity index (χ0) is 13.0. The Balaban J connectivity index is 2.25. The van der Waals surface area contributed by atoms with E-state index in [0.29, 0.717) is 11.3 Å². The molecule has 0 atom stereocenters. The van der Waals surface area contributed by atoms with Crippen LogP contribution in [0.4, 0.5) is 0 Å². The molecule has 0 unspecified atom stereocenters. The van der Waals surface area contributed by atoms with Crippen molar-refractivity contribution in [3.05, 3.63) is 42.1 Å². The van der Waals surface area contributed by atoms with Crippen LogP contribution >= 0.6 is 11.8 Å². The van der Waals surface area contributed by atoms with E-state index in [4.69, 9.17) is 15.9 Å². The zero-order valence-electron chi connectivity index (χ0n) is 9.75. The summed E-state index contributed by atoms with van der Waals surface area (Å²) in [6, 6.07) is 9.17. The van der Waals surface area contributed by atoms with Crippen LogP contribution in [-0.2, 0) is 0 Å². The molecule has 2 aromatic rings. The molecule has 2 rings (SSSR count). The highest BCUT2D eigenvalue weighted by Gasteiger charge is 2.09. The first-order chi connectivity index (χ1) is 8.70. The predicted molar refractivity (Wildman–Crippen MR) is 71.3 cm³/mol. The van der Waals surface area contributed by atoms with Crippen molar-refractivity contribution in [3.63, 3.8) is 0 Å². The molecule has 0 aliphatic heterocycles. The molecule has 1 aromatic carbocycles. The monoisotopic (exact) mass is 260 g/mol. The molecule has 6 heteroatoms. The van der Waals surface area contributed by atoms with Gasteiger partial charge < -0.3 is 10.5 Å². The normalized spacial score (nSPS) is 10.1. The fraction of sp³-hybridized carbons (Fsp3) is 0.0833. The summed E-state index contributed by atoms with van der Waals surface area (Å²) in [4.78, 5) is 1.15. The molecular weight excluding hydrogens is 248 g/mol. The van der Waals surface area contributed by atoms with Crippen molar-refractivity contribution in [3.8, 4) is 11.6 Å². The molecule has 0 fully saturated rings. The lowest BCUT2D eigenvalue weighted by atomic mass is 10.3. The van der Waals surface area contributed by atoms with Crippen LogP contribution in [0.15, 0.2) is 41.4 Å². The summed E-state index contributed by atoms with van der Waals surface area (Å²) in [7, 11) is 0. The largest absolute Gasteiger partial charge is 0.437 e. The number of rotatable bonds is 4. The van der Waals surface area contributed by atoms with Gasteiger partial charge in [-0.3, -0.25) is 5.41 Å². The summed E-state index contributed by atoms with van der Waals surface area (Å²) in [5.41, 5.74) is 5.88. The Hall–Kier alpha value is -2.08. The van der Waals surface area contributed by atoms with E-state index in [0.717, 1.165) is 4.90 Å². The van der Waals surface area contributed by atoms with Crippen LogP contribution in [-0.4, -0.2) is 22.3 Å². The molecule has 0 aliphatic rings. The van der Waals surface area contributed by atoms with Crippen LogP contribution in [0.25, 0.3) is 0 Å². The van der Waals surface area contributed by atoms with E-state index in [-0.39, 0.29) is 11.7 Å². The quantitative estimate of drug-likeness (QED) is 0.500. The molecular formula is C12H12N4OS. The SMILES string of the molecule is CSc1ccc(Oc2nnccc2C(=N)N)cc1. The van der Waals surface area contributed by atoms with Gasteiger partial charge in [-0.15, -0.1) is 16.9 Å². The maximum absolute atomic E-state index is 7.43. The Morgan fingerprint density at radius 3 is 2.61 bits per heavy atom. The van der Waals surface area contributed by atoms with E-state index in [9.17, 15) is 0 Å². The lowest BCUT2D eigenvalue weighted by Gasteiger charge is -2.08. The van der Waals surface area contributed by atoms with Crippen LogP contribution < -0.4 is 10.5 Å². The number of nitrogen functional groups attached to an aromatic ring is 1. The maximum atomic E-state index is 7.43. The Kier molecular flexibility index (Phi) is 3.78. The minimum atomic E-state index is -0.0966. The second-order valence-electron chi connectivity index (χ2n) is 3.44. The Bertz CT molecular complexity index is 556. The van der Waals surface area contributed by atoms with Crippen molar-refractivity contribution >= 4 is 17.6 Å². The molecule has 0 radical (unpaired) electrons. The van der Waals surface area contributed by atoms with Crippen molar-refractivity contribution in [1.29, 1.82) is 5.41 Å². The molecule has 0 aliphatic carbocycles. The molecule has 3 N–H and O–H groups in total. The topological polar surface area (TPSA) is 84.9 Å². The lowest BCUT2D eigenvalue weighted by molar-refractivity contribution is 0.453. The first kappa shape index (κ1) is 12.4. The average Bonchev–Trinajstić information content (AvgIpc) is 2.40. The third-order valence-corrected chi connectivity index (χ3v) is 2.99. The summed E-state index contributed by atoms with van der Waals surface area (Å²) in [6.07, 6.45) is 3.48. The van der Waals surface area contributed by atoms with E-state index in [1.54, 1.807) is 17.8 Å². The number of ether oxygens (including phenoxy) is 1. The number of thioether (sulfide) groups is 1. The summed E-state index contributed by atoms with van der Waals surface area (Å²) >= 11 is 1.65. The number of aromatic nitrogens is 2. The number of nitrogens with one attached hydrogen (secondary N) is 1. The standard InChI is InChI=1S/C12H12N4OS/c1-18-9-4-2-8(3-5-9)17-12-10(11(13)14)6-7-15-16-12/h2-7H,1H3,(H3,13,14). The van der Waals surface area contributed by atoms with Gasteiger partial charge in [-0.25, -0.2) is 0 Å². The second-order valence-corrected chi connectivity index (χ2v) is 4.32. The third kappa shape index (κ3) is 2.78. The van der Waals surface area contributed by atoms with Crippen LogP contribution in [0.5, 0.6) is 11.6 Å². The fourth-order valence-electron chi connectivity index (χ4n) is 1.35. The van der Waals surface area contributed by atoms with Crippen molar-refractivity contribution < 1.29 is 4.74 Å². The van der Waals surface area contributed by atoms with Crippen molar-refractivity contribution in [1.82, 2.24) is 10.2 Å². The van der Waals surface area contributed by atoms with E-state index >= 15 is 0 Å². The van der Waals surface area contributed by atoms with Gasteiger partial charge in [0.25, 0.3) is 0 Å². The highest BCUT2D eigenvalue weighted by Crippen LogP contribution is 2.24. The number of nitrogens with two attached hydrogens (primary N) is 1. The minimum absolute atomic E-state index is 0.0966. The van der Waals surface area contributed by atoms with Crippen molar-refractivity contribution in [2.75, 3.05) is 6.26 Å². The van der Waals surface area contributed by atoms with Crippen LogP contribution in [0.1, 0.15) is 5.56 Å². The third-order valence-electron chi connectivity index (χ3n) is 2.25. The fourth-order valence-corrected chi connectivity index (χ4v) is 1.76. The second kappa shape index (κ2) is 5.50. The highest BCUT2D eigenvalue weighted by molar-refractivity contribution is 7.98. The highest BCUT2D eigenvalue weighted by atomic mass is 32.2. The first-order valence-electron chi connectivity index (χ1n) is 5.18. The van der Waals surface area contributed by atoms with Gasteiger partial charge in [-0.2, -0.15) is 5.10 Å². The average molecular weight is 260 g/mol. The Morgan fingerprint density at radius 1 is 1.28 bits per heavy atom. The maximum Gasteiger partial charge on any atom is 0.249 e. The van der Waals surface area contributed by atoms with E-state index in [1.807, 2.05) is 30.5 Å². The summed E-state index contributed by atoms with van der Waals surface area (Å²) < 4.78 is 5.57. The first-order valence-corrected chi connectivity index (χ1v) is 6.41. The number of hydrogen-bond acceptors (Lipinski definition) is 5. The van der Waals surface area contributed by atoms with Crippen LogP contribution in [0.2, 0.25) is 0 Å².